The number of esters is 1. The predicted octanol–water partition coefficient (Wildman–Crippen LogP) is 3.00. The summed E-state index contributed by atoms with van der Waals surface area (Å²) in [7, 11) is 0. The zero-order valence-electron chi connectivity index (χ0n) is 10.2. The summed E-state index contributed by atoms with van der Waals surface area (Å²) in [4.78, 5) is 11.6. The van der Waals surface area contributed by atoms with Crippen LogP contribution in [0.4, 0.5) is 10.1 Å². The van der Waals surface area contributed by atoms with Crippen molar-refractivity contribution in [1.82, 2.24) is 0 Å². The molecule has 0 saturated carbocycles. The van der Waals surface area contributed by atoms with Crippen molar-refractivity contribution >= 4 is 11.7 Å². The maximum Gasteiger partial charge on any atom is 0.341 e. The van der Waals surface area contributed by atoms with Gasteiger partial charge in [0.15, 0.2) is 0 Å². The third-order valence-corrected chi connectivity index (χ3v) is 2.49. The van der Waals surface area contributed by atoms with Crippen molar-refractivity contribution in [2.24, 2.45) is 5.92 Å². The molecule has 0 aliphatic heterocycles. The van der Waals surface area contributed by atoms with Gasteiger partial charge in [0.05, 0.1) is 12.2 Å². The molecule has 0 radical (unpaired) electrons. The highest BCUT2D eigenvalue weighted by atomic mass is 19.1. The number of halogens is 1. The van der Waals surface area contributed by atoms with E-state index in [-0.39, 0.29) is 11.5 Å². The second-order valence-corrected chi connectivity index (χ2v) is 4.23. The van der Waals surface area contributed by atoms with Gasteiger partial charge in [-0.05, 0) is 30.5 Å². The summed E-state index contributed by atoms with van der Waals surface area (Å²) < 4.78 is 18.4. The highest BCUT2D eigenvalue weighted by Gasteiger charge is 2.14. The molecule has 0 aromatic heterocycles. The van der Waals surface area contributed by atoms with Crippen LogP contribution in [0.25, 0.3) is 0 Å². The molecular formula is C13H18FNO2. The van der Waals surface area contributed by atoms with Gasteiger partial charge in [0, 0.05) is 5.69 Å². The average Bonchev–Trinajstić information content (AvgIpc) is 2.29. The Balaban J connectivity index is 2.61. The smallest absolute Gasteiger partial charge is 0.341 e. The van der Waals surface area contributed by atoms with Gasteiger partial charge in [-0.1, -0.05) is 20.3 Å². The van der Waals surface area contributed by atoms with Crippen molar-refractivity contribution in [3.8, 4) is 0 Å². The van der Waals surface area contributed by atoms with Gasteiger partial charge in [0.25, 0.3) is 0 Å². The predicted molar refractivity (Wildman–Crippen MR) is 65.2 cm³/mol. The molecular weight excluding hydrogens is 221 g/mol. The highest BCUT2D eigenvalue weighted by molar-refractivity contribution is 5.90. The zero-order chi connectivity index (χ0) is 12.8. The minimum absolute atomic E-state index is 0.103. The van der Waals surface area contributed by atoms with Crippen molar-refractivity contribution in [2.75, 3.05) is 12.3 Å². The SMILES string of the molecule is CCCC(C)COC(=O)c1cc(N)ccc1F. The van der Waals surface area contributed by atoms with Crippen LogP contribution in [-0.2, 0) is 4.74 Å². The molecule has 0 saturated heterocycles. The van der Waals surface area contributed by atoms with Crippen LogP contribution in [0.1, 0.15) is 37.0 Å². The van der Waals surface area contributed by atoms with Gasteiger partial charge in [-0.25, -0.2) is 9.18 Å². The molecule has 0 heterocycles. The quantitative estimate of drug-likeness (QED) is 0.634. The summed E-state index contributed by atoms with van der Waals surface area (Å²) in [6.07, 6.45) is 2.01. The molecule has 0 amide bonds. The monoisotopic (exact) mass is 239 g/mol. The lowest BCUT2D eigenvalue weighted by atomic mass is 10.1. The van der Waals surface area contributed by atoms with Crippen LogP contribution >= 0.6 is 0 Å². The fourth-order valence-corrected chi connectivity index (χ4v) is 1.57. The third kappa shape index (κ3) is 4.06. The number of carbonyl (C=O) groups is 1. The number of rotatable bonds is 5. The maximum absolute atomic E-state index is 13.3. The lowest BCUT2D eigenvalue weighted by molar-refractivity contribution is 0.0438. The molecule has 94 valence electrons. The van der Waals surface area contributed by atoms with Crippen molar-refractivity contribution in [3.63, 3.8) is 0 Å². The van der Waals surface area contributed by atoms with E-state index >= 15 is 0 Å². The van der Waals surface area contributed by atoms with E-state index < -0.39 is 11.8 Å². The first kappa shape index (κ1) is 13.5. The molecule has 1 aromatic carbocycles. The van der Waals surface area contributed by atoms with Gasteiger partial charge in [-0.3, -0.25) is 0 Å². The number of hydrogen-bond acceptors (Lipinski definition) is 3. The van der Waals surface area contributed by atoms with E-state index in [1.54, 1.807) is 0 Å². The number of nitrogens with two attached hydrogens (primary N) is 1. The number of anilines is 1. The van der Waals surface area contributed by atoms with Crippen LogP contribution in [0, 0.1) is 11.7 Å². The van der Waals surface area contributed by atoms with E-state index in [4.69, 9.17) is 10.5 Å². The number of hydrogen-bond donors (Lipinski definition) is 1. The van der Waals surface area contributed by atoms with Gasteiger partial charge in [-0.2, -0.15) is 0 Å². The Morgan fingerprint density at radius 1 is 1.53 bits per heavy atom. The first-order chi connectivity index (χ1) is 8.04. The van der Waals surface area contributed by atoms with E-state index in [2.05, 4.69) is 6.92 Å². The minimum atomic E-state index is -0.655. The molecule has 1 unspecified atom stereocenters. The molecule has 0 fully saturated rings. The summed E-state index contributed by atoms with van der Waals surface area (Å²) in [5.41, 5.74) is 5.74. The normalized spacial score (nSPS) is 12.2. The van der Waals surface area contributed by atoms with E-state index in [9.17, 15) is 9.18 Å². The zero-order valence-corrected chi connectivity index (χ0v) is 10.2. The Bertz CT molecular complexity index is 393. The summed E-state index contributed by atoms with van der Waals surface area (Å²) >= 11 is 0. The molecule has 1 rings (SSSR count). The number of nitrogen functional groups attached to an aromatic ring is 1. The van der Waals surface area contributed by atoms with Crippen LogP contribution in [0.2, 0.25) is 0 Å². The molecule has 4 heteroatoms. The molecule has 1 atom stereocenters. The standard InChI is InChI=1S/C13H18FNO2/c1-3-4-9(2)8-17-13(16)11-7-10(15)5-6-12(11)14/h5-7,9H,3-4,8,15H2,1-2H3. The number of ether oxygens (including phenoxy) is 1. The fraction of sp³-hybridized carbons (Fsp3) is 0.462. The van der Waals surface area contributed by atoms with E-state index in [1.165, 1.54) is 18.2 Å². The molecule has 0 aliphatic carbocycles. The molecule has 0 spiro atoms. The average molecular weight is 239 g/mol. The second-order valence-electron chi connectivity index (χ2n) is 4.23. The third-order valence-electron chi connectivity index (χ3n) is 2.49. The molecule has 3 nitrogen and oxygen atoms in total. The van der Waals surface area contributed by atoms with Crippen LogP contribution in [0.15, 0.2) is 18.2 Å². The Labute approximate surface area is 101 Å². The van der Waals surface area contributed by atoms with Gasteiger partial charge in [0.2, 0.25) is 0 Å². The Kier molecular flexibility index (Phi) is 4.94. The summed E-state index contributed by atoms with van der Waals surface area (Å²) in [5.74, 6) is -0.974. The minimum Gasteiger partial charge on any atom is -0.462 e. The summed E-state index contributed by atoms with van der Waals surface area (Å²) in [6.45, 7) is 4.36. The fourth-order valence-electron chi connectivity index (χ4n) is 1.57. The lowest BCUT2D eigenvalue weighted by Crippen LogP contribution is -2.13. The summed E-state index contributed by atoms with van der Waals surface area (Å²) in [6, 6.07) is 3.87. The second kappa shape index (κ2) is 6.23. The summed E-state index contributed by atoms with van der Waals surface area (Å²) in [5, 5.41) is 0. The maximum atomic E-state index is 13.3. The van der Waals surface area contributed by atoms with Gasteiger partial charge >= 0.3 is 5.97 Å². The van der Waals surface area contributed by atoms with Gasteiger partial charge in [-0.15, -0.1) is 0 Å². The van der Waals surface area contributed by atoms with Gasteiger partial charge in [0.1, 0.15) is 5.82 Å². The van der Waals surface area contributed by atoms with Crippen LogP contribution < -0.4 is 5.73 Å². The van der Waals surface area contributed by atoms with E-state index in [1.807, 2.05) is 6.92 Å². The van der Waals surface area contributed by atoms with Crippen LogP contribution in [0.3, 0.4) is 0 Å². The Hall–Kier alpha value is -1.58. The van der Waals surface area contributed by atoms with Crippen LogP contribution in [-0.4, -0.2) is 12.6 Å². The highest BCUT2D eigenvalue weighted by Crippen LogP contribution is 2.14. The van der Waals surface area contributed by atoms with Crippen molar-refractivity contribution in [3.05, 3.63) is 29.6 Å². The molecule has 0 aliphatic rings. The van der Waals surface area contributed by atoms with Crippen molar-refractivity contribution < 1.29 is 13.9 Å². The number of benzene rings is 1. The van der Waals surface area contributed by atoms with E-state index in [0.717, 1.165) is 12.8 Å². The molecule has 17 heavy (non-hydrogen) atoms. The Morgan fingerprint density at radius 3 is 2.88 bits per heavy atom. The van der Waals surface area contributed by atoms with Gasteiger partial charge < -0.3 is 10.5 Å². The largest absolute Gasteiger partial charge is 0.462 e. The molecule has 0 bridgehead atoms. The van der Waals surface area contributed by atoms with Crippen molar-refractivity contribution in [2.45, 2.75) is 26.7 Å². The number of carbonyl (C=O) groups excluding carboxylic acids is 1. The molecule has 1 aromatic rings. The first-order valence-corrected chi connectivity index (χ1v) is 5.76. The first-order valence-electron chi connectivity index (χ1n) is 5.76. The van der Waals surface area contributed by atoms with E-state index in [0.29, 0.717) is 12.3 Å². The molecule has 2 N–H and O–H groups in total. The lowest BCUT2D eigenvalue weighted by Gasteiger charge is -2.11. The topological polar surface area (TPSA) is 52.3 Å². The van der Waals surface area contributed by atoms with Crippen molar-refractivity contribution in [1.29, 1.82) is 0 Å². The Morgan fingerprint density at radius 2 is 2.24 bits per heavy atom. The van der Waals surface area contributed by atoms with Crippen LogP contribution in [0.5, 0.6) is 0 Å².